The van der Waals surface area contributed by atoms with Crippen LogP contribution >= 0.6 is 0 Å². The van der Waals surface area contributed by atoms with Crippen LogP contribution in [0.1, 0.15) is 23.8 Å². The minimum Gasteiger partial charge on any atom is -0.445 e. The number of rotatable bonds is 5. The molecule has 0 bridgehead atoms. The summed E-state index contributed by atoms with van der Waals surface area (Å²) in [5, 5.41) is 0. The van der Waals surface area contributed by atoms with Gasteiger partial charge in [0.15, 0.2) is 0 Å². The highest BCUT2D eigenvalue weighted by Gasteiger charge is 2.27. The van der Waals surface area contributed by atoms with E-state index < -0.39 is 0 Å². The van der Waals surface area contributed by atoms with E-state index in [-0.39, 0.29) is 11.2 Å². The second kappa shape index (κ2) is 6.97. The maximum absolute atomic E-state index is 12.0. The zero-order valence-electron chi connectivity index (χ0n) is 15.2. The first-order chi connectivity index (χ1) is 11.8. The van der Waals surface area contributed by atoms with Crippen molar-refractivity contribution in [1.82, 2.24) is 23.9 Å². The topological polar surface area (TPSA) is 76.5 Å². The minimum absolute atomic E-state index is 0.259. The molecule has 1 aliphatic heterocycles. The lowest BCUT2D eigenvalue weighted by atomic mass is 10.2. The first-order valence-electron chi connectivity index (χ1n) is 8.45. The van der Waals surface area contributed by atoms with Crippen LogP contribution in [-0.4, -0.2) is 50.1 Å². The van der Waals surface area contributed by atoms with Crippen molar-refractivity contribution < 1.29 is 4.42 Å². The Hall–Kier alpha value is -2.19. The molecule has 0 aromatic carbocycles. The van der Waals surface area contributed by atoms with Crippen molar-refractivity contribution in [3.05, 3.63) is 50.4 Å². The van der Waals surface area contributed by atoms with Crippen molar-refractivity contribution in [1.29, 1.82) is 0 Å². The molecule has 1 atom stereocenters. The number of oxazole rings is 1. The van der Waals surface area contributed by atoms with E-state index in [9.17, 15) is 9.59 Å². The number of likely N-dealkylation sites (N-methyl/N-ethyl adjacent to an activating group) is 1. The van der Waals surface area contributed by atoms with E-state index >= 15 is 0 Å². The Morgan fingerprint density at radius 1 is 1.32 bits per heavy atom. The summed E-state index contributed by atoms with van der Waals surface area (Å²) in [7, 11) is 5.28. The largest absolute Gasteiger partial charge is 0.445 e. The summed E-state index contributed by atoms with van der Waals surface area (Å²) in [5.41, 5.74) is 0.208. The van der Waals surface area contributed by atoms with Gasteiger partial charge in [0.2, 0.25) is 5.89 Å². The fraction of sp³-hybridized carbons (Fsp3) is 0.588. The number of hydrogen-bond donors (Lipinski definition) is 0. The number of nitrogens with zero attached hydrogens (tertiary/aromatic N) is 5. The normalized spacial score (nSPS) is 18.4. The maximum atomic E-state index is 12.0. The predicted molar refractivity (Wildman–Crippen MR) is 93.3 cm³/mol. The van der Waals surface area contributed by atoms with Gasteiger partial charge >= 0.3 is 5.69 Å². The van der Waals surface area contributed by atoms with Crippen LogP contribution in [-0.2, 0) is 27.2 Å². The molecule has 1 unspecified atom stereocenters. The Bertz CT molecular complexity index is 866. The first-order valence-corrected chi connectivity index (χ1v) is 8.45. The van der Waals surface area contributed by atoms with Gasteiger partial charge in [-0.15, -0.1) is 0 Å². The zero-order valence-corrected chi connectivity index (χ0v) is 15.2. The first kappa shape index (κ1) is 17.6. The molecule has 1 fully saturated rings. The number of hydrogen-bond acceptors (Lipinski definition) is 6. The lowest BCUT2D eigenvalue weighted by Crippen LogP contribution is -2.40. The Balaban J connectivity index is 1.63. The van der Waals surface area contributed by atoms with Crippen LogP contribution in [0.25, 0.3) is 0 Å². The monoisotopic (exact) mass is 347 g/mol. The molecule has 3 rings (SSSR count). The Kier molecular flexibility index (Phi) is 4.91. The smallest absolute Gasteiger partial charge is 0.330 e. The van der Waals surface area contributed by atoms with Crippen LogP contribution in [0, 0.1) is 6.92 Å². The van der Waals surface area contributed by atoms with Crippen molar-refractivity contribution in [2.24, 2.45) is 14.1 Å². The van der Waals surface area contributed by atoms with E-state index in [0.717, 1.165) is 41.4 Å². The van der Waals surface area contributed by atoms with E-state index in [2.05, 4.69) is 21.8 Å². The van der Waals surface area contributed by atoms with Crippen LogP contribution < -0.4 is 11.2 Å². The van der Waals surface area contributed by atoms with Crippen LogP contribution in [0.15, 0.2) is 26.3 Å². The summed E-state index contributed by atoms with van der Waals surface area (Å²) in [6, 6.07) is 1.95. The lowest BCUT2D eigenvalue weighted by molar-refractivity contribution is 0.203. The zero-order chi connectivity index (χ0) is 18.1. The molecule has 0 N–H and O–H groups in total. The van der Waals surface area contributed by atoms with Crippen molar-refractivity contribution in [3.8, 4) is 0 Å². The SMILES string of the molecule is Cc1cnc(CN(C)C2CCN(Cc3cc(=O)n(C)c(=O)n3C)C2)o1. The molecule has 1 saturated heterocycles. The summed E-state index contributed by atoms with van der Waals surface area (Å²) in [6.45, 7) is 4.99. The molecule has 0 radical (unpaired) electrons. The Labute approximate surface area is 146 Å². The van der Waals surface area contributed by atoms with Gasteiger partial charge in [0.05, 0.1) is 12.7 Å². The number of aryl methyl sites for hydroxylation is 1. The third-order valence-electron chi connectivity index (χ3n) is 4.94. The fourth-order valence-electron chi connectivity index (χ4n) is 3.29. The summed E-state index contributed by atoms with van der Waals surface area (Å²) >= 11 is 0. The Morgan fingerprint density at radius 2 is 2.08 bits per heavy atom. The van der Waals surface area contributed by atoms with Gasteiger partial charge in [-0.05, 0) is 20.4 Å². The number of aromatic nitrogens is 3. The van der Waals surface area contributed by atoms with Gasteiger partial charge in [0.25, 0.3) is 5.56 Å². The molecular weight excluding hydrogens is 322 g/mol. The highest BCUT2D eigenvalue weighted by atomic mass is 16.4. The van der Waals surface area contributed by atoms with E-state index in [0.29, 0.717) is 19.1 Å². The second-order valence-corrected chi connectivity index (χ2v) is 6.83. The maximum Gasteiger partial charge on any atom is 0.330 e. The molecule has 3 heterocycles. The van der Waals surface area contributed by atoms with Gasteiger partial charge in [-0.2, -0.15) is 0 Å². The molecule has 1 aliphatic rings. The highest BCUT2D eigenvalue weighted by molar-refractivity contribution is 5.03. The molecular formula is C17H25N5O3. The summed E-state index contributed by atoms with van der Waals surface area (Å²) in [4.78, 5) is 32.7. The van der Waals surface area contributed by atoms with E-state index in [1.54, 1.807) is 23.9 Å². The molecule has 25 heavy (non-hydrogen) atoms. The van der Waals surface area contributed by atoms with Gasteiger partial charge in [-0.1, -0.05) is 0 Å². The average molecular weight is 347 g/mol. The van der Waals surface area contributed by atoms with Crippen molar-refractivity contribution in [2.75, 3.05) is 20.1 Å². The third kappa shape index (κ3) is 3.74. The van der Waals surface area contributed by atoms with Crippen LogP contribution in [0.5, 0.6) is 0 Å². The lowest BCUT2D eigenvalue weighted by Gasteiger charge is -2.23. The average Bonchev–Trinajstić information content (AvgIpc) is 3.19. The second-order valence-electron chi connectivity index (χ2n) is 6.83. The summed E-state index contributed by atoms with van der Waals surface area (Å²) in [5.74, 6) is 1.55. The molecule has 8 nitrogen and oxygen atoms in total. The summed E-state index contributed by atoms with van der Waals surface area (Å²) < 4.78 is 8.22. The molecule has 0 amide bonds. The standard InChI is InChI=1S/C17H25N5O3/c1-12-8-18-15(25-12)11-19(2)13-5-6-22(9-13)10-14-7-16(23)21(4)17(24)20(14)3/h7-8,13H,5-6,9-11H2,1-4H3. The van der Waals surface area contributed by atoms with Gasteiger partial charge in [0.1, 0.15) is 5.76 Å². The van der Waals surface area contributed by atoms with Crippen molar-refractivity contribution in [3.63, 3.8) is 0 Å². The third-order valence-corrected chi connectivity index (χ3v) is 4.94. The van der Waals surface area contributed by atoms with Crippen molar-refractivity contribution in [2.45, 2.75) is 32.5 Å². The van der Waals surface area contributed by atoms with Gasteiger partial charge in [-0.25, -0.2) is 9.78 Å². The fourth-order valence-corrected chi connectivity index (χ4v) is 3.29. The van der Waals surface area contributed by atoms with Crippen LogP contribution in [0.4, 0.5) is 0 Å². The van der Waals surface area contributed by atoms with Gasteiger partial charge < -0.3 is 4.42 Å². The molecule has 136 valence electrons. The minimum atomic E-state index is -0.283. The predicted octanol–water partition coefficient (Wildman–Crippen LogP) is 0.0867. The van der Waals surface area contributed by atoms with Crippen LogP contribution in [0.3, 0.4) is 0 Å². The highest BCUT2D eigenvalue weighted by Crippen LogP contribution is 2.18. The van der Waals surface area contributed by atoms with E-state index in [1.165, 1.54) is 7.05 Å². The quantitative estimate of drug-likeness (QED) is 0.763. The van der Waals surface area contributed by atoms with Gasteiger partial charge in [0, 0.05) is 51.5 Å². The van der Waals surface area contributed by atoms with Gasteiger partial charge in [-0.3, -0.25) is 23.7 Å². The Morgan fingerprint density at radius 3 is 2.76 bits per heavy atom. The van der Waals surface area contributed by atoms with E-state index in [1.807, 2.05) is 6.92 Å². The molecule has 0 saturated carbocycles. The molecule has 0 spiro atoms. The summed E-state index contributed by atoms with van der Waals surface area (Å²) in [6.07, 6.45) is 2.77. The van der Waals surface area contributed by atoms with Crippen LogP contribution in [0.2, 0.25) is 0 Å². The molecule has 0 aliphatic carbocycles. The van der Waals surface area contributed by atoms with Crippen molar-refractivity contribution >= 4 is 0 Å². The molecule has 2 aromatic heterocycles. The van der Waals surface area contributed by atoms with E-state index in [4.69, 9.17) is 4.42 Å². The number of likely N-dealkylation sites (tertiary alicyclic amines) is 1. The molecule has 8 heteroatoms. The molecule has 2 aromatic rings.